The Morgan fingerprint density at radius 3 is 1.81 bits per heavy atom. The van der Waals surface area contributed by atoms with E-state index in [2.05, 4.69) is 10.6 Å². The molecule has 32 heavy (non-hydrogen) atoms. The van der Waals surface area contributed by atoms with E-state index < -0.39 is 17.6 Å². The monoisotopic (exact) mass is 442 g/mol. The third-order valence-electron chi connectivity index (χ3n) is 4.72. The van der Waals surface area contributed by atoms with Crippen molar-refractivity contribution in [3.8, 4) is 16.9 Å². The van der Waals surface area contributed by atoms with E-state index in [0.29, 0.717) is 5.56 Å². The molecule has 3 rings (SSSR count). The van der Waals surface area contributed by atoms with E-state index in [4.69, 9.17) is 4.74 Å². The van der Waals surface area contributed by atoms with Crippen molar-refractivity contribution < 1.29 is 27.5 Å². The Kier molecular flexibility index (Phi) is 7.14. The number of rotatable bonds is 7. The van der Waals surface area contributed by atoms with Gasteiger partial charge in [-0.2, -0.15) is 13.2 Å². The van der Waals surface area contributed by atoms with E-state index in [9.17, 15) is 22.8 Å². The molecule has 0 bridgehead atoms. The highest BCUT2D eigenvalue weighted by Crippen LogP contribution is 2.29. The molecule has 0 aliphatic heterocycles. The second kappa shape index (κ2) is 10.00. The lowest BCUT2D eigenvalue weighted by atomic mass is 10.0. The Labute approximate surface area is 183 Å². The summed E-state index contributed by atoms with van der Waals surface area (Å²) >= 11 is 0. The van der Waals surface area contributed by atoms with Crippen LogP contribution in [0.5, 0.6) is 5.75 Å². The third kappa shape index (κ3) is 5.87. The number of halogens is 3. The van der Waals surface area contributed by atoms with E-state index in [-0.39, 0.29) is 24.6 Å². The molecule has 0 spiro atoms. The van der Waals surface area contributed by atoms with Gasteiger partial charge in [0.25, 0.3) is 11.8 Å². The first-order chi connectivity index (χ1) is 15.3. The summed E-state index contributed by atoms with van der Waals surface area (Å²) in [6.07, 6.45) is -4.45. The lowest BCUT2D eigenvalue weighted by Crippen LogP contribution is -2.34. The average Bonchev–Trinajstić information content (AvgIpc) is 2.81. The molecule has 0 heterocycles. The number of carbonyl (C=O) groups is 2. The first-order valence-electron chi connectivity index (χ1n) is 9.76. The summed E-state index contributed by atoms with van der Waals surface area (Å²) in [5.41, 5.74) is 1.65. The predicted octanol–water partition coefficient (Wildman–Crippen LogP) is 4.54. The Balaban J connectivity index is 1.48. The number of hydrogen-bond acceptors (Lipinski definition) is 3. The first kappa shape index (κ1) is 22.9. The summed E-state index contributed by atoms with van der Waals surface area (Å²) in [4.78, 5) is 24.3. The summed E-state index contributed by atoms with van der Waals surface area (Å²) in [7, 11) is 1.60. The van der Waals surface area contributed by atoms with Gasteiger partial charge >= 0.3 is 6.18 Å². The van der Waals surface area contributed by atoms with Crippen molar-refractivity contribution >= 4 is 11.8 Å². The van der Waals surface area contributed by atoms with Crippen LogP contribution in [-0.2, 0) is 6.18 Å². The van der Waals surface area contributed by atoms with Crippen molar-refractivity contribution in [2.45, 2.75) is 6.18 Å². The summed E-state index contributed by atoms with van der Waals surface area (Å²) in [5.74, 6) is -0.0794. The Morgan fingerprint density at radius 2 is 1.31 bits per heavy atom. The minimum atomic E-state index is -4.45. The lowest BCUT2D eigenvalue weighted by Gasteiger charge is -2.09. The van der Waals surface area contributed by atoms with Gasteiger partial charge in [0.2, 0.25) is 0 Å². The SMILES string of the molecule is COc1cccc(-c2ccc(C(=O)NCCNC(=O)c3ccc(C(F)(F)F)cc3)cc2)c1. The molecule has 0 aliphatic carbocycles. The number of carbonyl (C=O) groups excluding carboxylic acids is 2. The fourth-order valence-corrected chi connectivity index (χ4v) is 2.98. The van der Waals surface area contributed by atoms with Crippen LogP contribution in [0.15, 0.2) is 72.8 Å². The van der Waals surface area contributed by atoms with Crippen LogP contribution in [0.4, 0.5) is 13.2 Å². The topological polar surface area (TPSA) is 67.4 Å². The van der Waals surface area contributed by atoms with E-state index in [0.717, 1.165) is 41.1 Å². The second-order valence-corrected chi connectivity index (χ2v) is 6.90. The van der Waals surface area contributed by atoms with Gasteiger partial charge in [-0.05, 0) is 59.7 Å². The largest absolute Gasteiger partial charge is 0.497 e. The van der Waals surface area contributed by atoms with Gasteiger partial charge in [0.05, 0.1) is 12.7 Å². The molecular weight excluding hydrogens is 421 g/mol. The van der Waals surface area contributed by atoms with Crippen LogP contribution in [0.2, 0.25) is 0 Å². The molecule has 8 heteroatoms. The second-order valence-electron chi connectivity index (χ2n) is 6.90. The summed E-state index contributed by atoms with van der Waals surface area (Å²) in [6.45, 7) is 0.302. The zero-order valence-electron chi connectivity index (χ0n) is 17.2. The molecule has 0 radical (unpaired) electrons. The van der Waals surface area contributed by atoms with Gasteiger partial charge in [-0.1, -0.05) is 24.3 Å². The van der Waals surface area contributed by atoms with Crippen molar-refractivity contribution in [3.05, 3.63) is 89.5 Å². The van der Waals surface area contributed by atoms with Crippen LogP contribution >= 0.6 is 0 Å². The van der Waals surface area contributed by atoms with Crippen molar-refractivity contribution in [1.82, 2.24) is 10.6 Å². The van der Waals surface area contributed by atoms with Crippen LogP contribution in [0.1, 0.15) is 26.3 Å². The van der Waals surface area contributed by atoms with E-state index in [1.807, 2.05) is 36.4 Å². The maximum Gasteiger partial charge on any atom is 0.416 e. The molecule has 3 aromatic rings. The van der Waals surface area contributed by atoms with Gasteiger partial charge in [0, 0.05) is 24.2 Å². The van der Waals surface area contributed by atoms with Gasteiger partial charge in [0.15, 0.2) is 0 Å². The fourth-order valence-electron chi connectivity index (χ4n) is 2.98. The molecule has 0 aliphatic rings. The van der Waals surface area contributed by atoms with Gasteiger partial charge < -0.3 is 15.4 Å². The number of nitrogens with one attached hydrogen (secondary N) is 2. The Morgan fingerprint density at radius 1 is 0.781 bits per heavy atom. The molecule has 0 fully saturated rings. The average molecular weight is 442 g/mol. The molecule has 3 aromatic carbocycles. The predicted molar refractivity (Wildman–Crippen MR) is 115 cm³/mol. The maximum absolute atomic E-state index is 12.6. The van der Waals surface area contributed by atoms with Gasteiger partial charge in [-0.15, -0.1) is 0 Å². The Hall–Kier alpha value is -3.81. The number of alkyl halides is 3. The number of ether oxygens (including phenoxy) is 1. The molecule has 0 unspecified atom stereocenters. The molecule has 0 saturated heterocycles. The minimum absolute atomic E-state index is 0.109. The van der Waals surface area contributed by atoms with E-state index in [1.165, 1.54) is 0 Å². The minimum Gasteiger partial charge on any atom is -0.497 e. The zero-order valence-corrected chi connectivity index (χ0v) is 17.2. The number of hydrogen-bond donors (Lipinski definition) is 2. The fraction of sp³-hybridized carbons (Fsp3) is 0.167. The number of benzene rings is 3. The third-order valence-corrected chi connectivity index (χ3v) is 4.72. The van der Waals surface area contributed by atoms with Gasteiger partial charge in [-0.25, -0.2) is 0 Å². The van der Waals surface area contributed by atoms with Crippen molar-refractivity contribution in [2.75, 3.05) is 20.2 Å². The van der Waals surface area contributed by atoms with Crippen molar-refractivity contribution in [3.63, 3.8) is 0 Å². The lowest BCUT2D eigenvalue weighted by molar-refractivity contribution is -0.137. The van der Waals surface area contributed by atoms with Crippen LogP contribution in [-0.4, -0.2) is 32.0 Å². The molecule has 5 nitrogen and oxygen atoms in total. The zero-order chi connectivity index (χ0) is 23.1. The highest BCUT2D eigenvalue weighted by molar-refractivity contribution is 5.95. The summed E-state index contributed by atoms with van der Waals surface area (Å²) in [6, 6.07) is 18.6. The van der Waals surface area contributed by atoms with Crippen LogP contribution in [0, 0.1) is 0 Å². The molecule has 2 amide bonds. The number of amides is 2. The highest BCUT2D eigenvalue weighted by Gasteiger charge is 2.30. The number of methoxy groups -OCH3 is 1. The normalized spacial score (nSPS) is 11.0. The molecule has 0 saturated carbocycles. The van der Waals surface area contributed by atoms with E-state index in [1.54, 1.807) is 19.2 Å². The van der Waals surface area contributed by atoms with Crippen molar-refractivity contribution in [2.24, 2.45) is 0 Å². The van der Waals surface area contributed by atoms with Crippen molar-refractivity contribution in [1.29, 1.82) is 0 Å². The molecular formula is C24H21F3N2O3. The van der Waals surface area contributed by atoms with Crippen LogP contribution < -0.4 is 15.4 Å². The molecule has 2 N–H and O–H groups in total. The molecule has 166 valence electrons. The quantitative estimate of drug-likeness (QED) is 0.528. The van der Waals surface area contributed by atoms with Gasteiger partial charge in [-0.3, -0.25) is 9.59 Å². The molecule has 0 atom stereocenters. The highest BCUT2D eigenvalue weighted by atomic mass is 19.4. The van der Waals surface area contributed by atoms with Crippen LogP contribution in [0.3, 0.4) is 0 Å². The standard InChI is InChI=1S/C24H21F3N2O3/c1-32-21-4-2-3-19(15-21)16-5-7-17(8-6-16)22(30)28-13-14-29-23(31)18-9-11-20(12-10-18)24(25,26)27/h2-12,15H,13-14H2,1H3,(H,28,30)(H,29,31). The Bertz CT molecular complexity index is 1080. The smallest absolute Gasteiger partial charge is 0.416 e. The maximum atomic E-state index is 12.6. The van der Waals surface area contributed by atoms with Gasteiger partial charge in [0.1, 0.15) is 5.75 Å². The first-order valence-corrected chi connectivity index (χ1v) is 9.76. The molecule has 0 aromatic heterocycles. The summed E-state index contributed by atoms with van der Waals surface area (Å²) in [5, 5.41) is 5.25. The van der Waals surface area contributed by atoms with Crippen LogP contribution in [0.25, 0.3) is 11.1 Å². The van der Waals surface area contributed by atoms with E-state index >= 15 is 0 Å². The summed E-state index contributed by atoms with van der Waals surface area (Å²) < 4.78 is 43.0.